The first-order chi connectivity index (χ1) is 12.5. The fourth-order valence-electron chi connectivity index (χ4n) is 2.65. The van der Waals surface area contributed by atoms with Crippen LogP contribution in [-0.4, -0.2) is 26.4 Å². The van der Waals surface area contributed by atoms with E-state index in [-0.39, 0.29) is 11.9 Å². The first-order valence-corrected chi connectivity index (χ1v) is 9.87. The quantitative estimate of drug-likeness (QED) is 0.552. The van der Waals surface area contributed by atoms with Crippen LogP contribution in [0.5, 0.6) is 0 Å². The largest absolute Gasteiger partial charge is 0.329 e. The maximum Gasteiger partial charge on any atom is 0.264 e. The van der Waals surface area contributed by atoms with Gasteiger partial charge in [-0.2, -0.15) is 0 Å². The molecule has 0 saturated carbocycles. The highest BCUT2D eigenvalue weighted by atomic mass is 35.5. The van der Waals surface area contributed by atoms with Crippen molar-refractivity contribution in [2.45, 2.75) is 33.0 Å². The molecule has 0 N–H and O–H groups in total. The van der Waals surface area contributed by atoms with E-state index in [4.69, 9.17) is 23.2 Å². The van der Waals surface area contributed by atoms with Gasteiger partial charge in [0.2, 0.25) is 0 Å². The average molecular weight is 408 g/mol. The van der Waals surface area contributed by atoms with Crippen LogP contribution >= 0.6 is 34.5 Å². The van der Waals surface area contributed by atoms with Crippen molar-refractivity contribution in [3.8, 4) is 0 Å². The molecule has 0 unspecified atom stereocenters. The number of carbonyl (C=O) groups excluding carboxylic acids is 1. The van der Waals surface area contributed by atoms with E-state index in [0.717, 1.165) is 16.3 Å². The number of rotatable bonds is 6. The van der Waals surface area contributed by atoms with Crippen molar-refractivity contribution in [3.05, 3.63) is 74.4 Å². The number of hydrogen-bond donors (Lipinski definition) is 0. The van der Waals surface area contributed by atoms with Gasteiger partial charge in [0, 0.05) is 25.0 Å². The molecule has 1 amide bonds. The number of thiophene rings is 1. The van der Waals surface area contributed by atoms with Crippen LogP contribution < -0.4 is 0 Å². The number of carbonyl (C=O) groups is 1. The van der Waals surface area contributed by atoms with E-state index in [1.54, 1.807) is 12.3 Å². The molecule has 0 atom stereocenters. The van der Waals surface area contributed by atoms with Crippen LogP contribution in [-0.2, 0) is 13.1 Å². The molecule has 26 heavy (non-hydrogen) atoms. The summed E-state index contributed by atoms with van der Waals surface area (Å²) in [5, 5.41) is 2.98. The lowest BCUT2D eigenvalue weighted by molar-refractivity contribution is 0.0688. The van der Waals surface area contributed by atoms with Crippen LogP contribution in [0.3, 0.4) is 0 Å². The molecule has 0 aliphatic heterocycles. The van der Waals surface area contributed by atoms with Gasteiger partial charge in [-0.3, -0.25) is 4.79 Å². The SMILES string of the molecule is CC(C)N(Cc1nccn1Cc1ccc(Cl)c(Cl)c1)C(=O)c1cccs1. The molecule has 0 aliphatic carbocycles. The zero-order valence-electron chi connectivity index (χ0n) is 14.5. The van der Waals surface area contributed by atoms with Crippen LogP contribution in [0.15, 0.2) is 48.1 Å². The van der Waals surface area contributed by atoms with Gasteiger partial charge in [-0.05, 0) is 43.0 Å². The molecule has 7 heteroatoms. The Labute approximate surface area is 167 Å². The fraction of sp³-hybridized carbons (Fsp3) is 0.263. The Morgan fingerprint density at radius 2 is 2.08 bits per heavy atom. The third kappa shape index (κ3) is 4.29. The lowest BCUT2D eigenvalue weighted by atomic mass is 10.2. The summed E-state index contributed by atoms with van der Waals surface area (Å²) >= 11 is 13.6. The number of hydrogen-bond acceptors (Lipinski definition) is 3. The molecule has 0 bridgehead atoms. The first kappa shape index (κ1) is 19.0. The third-order valence-electron chi connectivity index (χ3n) is 4.07. The van der Waals surface area contributed by atoms with Crippen LogP contribution in [0.25, 0.3) is 0 Å². The summed E-state index contributed by atoms with van der Waals surface area (Å²) in [5.74, 6) is 0.855. The molecule has 2 aromatic heterocycles. The summed E-state index contributed by atoms with van der Waals surface area (Å²) in [7, 11) is 0. The van der Waals surface area contributed by atoms with Crippen molar-refractivity contribution >= 4 is 40.4 Å². The Kier molecular flexibility index (Phi) is 6.01. The molecule has 0 spiro atoms. The summed E-state index contributed by atoms with van der Waals surface area (Å²) in [6, 6.07) is 9.39. The number of imidazole rings is 1. The number of aromatic nitrogens is 2. The highest BCUT2D eigenvalue weighted by Gasteiger charge is 2.21. The van der Waals surface area contributed by atoms with E-state index < -0.39 is 0 Å². The van der Waals surface area contributed by atoms with Crippen molar-refractivity contribution in [2.75, 3.05) is 0 Å². The molecule has 4 nitrogen and oxygen atoms in total. The van der Waals surface area contributed by atoms with Gasteiger partial charge in [0.15, 0.2) is 0 Å². The van der Waals surface area contributed by atoms with Gasteiger partial charge in [0.1, 0.15) is 5.82 Å². The van der Waals surface area contributed by atoms with E-state index in [1.807, 2.05) is 59.2 Å². The summed E-state index contributed by atoms with van der Waals surface area (Å²) in [6.07, 6.45) is 3.66. The van der Waals surface area contributed by atoms with E-state index in [1.165, 1.54) is 11.3 Å². The Balaban J connectivity index is 1.80. The number of halogens is 2. The zero-order valence-corrected chi connectivity index (χ0v) is 16.9. The maximum atomic E-state index is 12.8. The van der Waals surface area contributed by atoms with Crippen LogP contribution in [0.2, 0.25) is 10.0 Å². The molecule has 2 heterocycles. The number of amides is 1. The topological polar surface area (TPSA) is 38.1 Å². The molecule has 0 aliphatic rings. The third-order valence-corrected chi connectivity index (χ3v) is 5.66. The molecular weight excluding hydrogens is 389 g/mol. The highest BCUT2D eigenvalue weighted by Crippen LogP contribution is 2.23. The van der Waals surface area contributed by atoms with Crippen molar-refractivity contribution in [3.63, 3.8) is 0 Å². The van der Waals surface area contributed by atoms with Crippen molar-refractivity contribution in [1.29, 1.82) is 0 Å². The molecule has 136 valence electrons. The second-order valence-corrected chi connectivity index (χ2v) is 7.99. The van der Waals surface area contributed by atoms with E-state index in [9.17, 15) is 4.79 Å². The Morgan fingerprint density at radius 3 is 2.73 bits per heavy atom. The van der Waals surface area contributed by atoms with Gasteiger partial charge in [-0.25, -0.2) is 4.98 Å². The molecular formula is C19H19Cl2N3OS. The van der Waals surface area contributed by atoms with Crippen LogP contribution in [0.4, 0.5) is 0 Å². The molecule has 1 aromatic carbocycles. The normalized spacial score (nSPS) is 11.1. The van der Waals surface area contributed by atoms with Gasteiger partial charge in [-0.15, -0.1) is 11.3 Å². The van der Waals surface area contributed by atoms with E-state index >= 15 is 0 Å². The Morgan fingerprint density at radius 1 is 1.27 bits per heavy atom. The Hall–Kier alpha value is -1.82. The van der Waals surface area contributed by atoms with Gasteiger partial charge in [0.05, 0.1) is 21.5 Å². The second kappa shape index (κ2) is 8.25. The maximum absolute atomic E-state index is 12.8. The molecule has 0 radical (unpaired) electrons. The van der Waals surface area contributed by atoms with Crippen molar-refractivity contribution < 1.29 is 4.79 Å². The Bertz CT molecular complexity index is 890. The van der Waals surface area contributed by atoms with Gasteiger partial charge >= 0.3 is 0 Å². The summed E-state index contributed by atoms with van der Waals surface area (Å²) in [4.78, 5) is 19.8. The lowest BCUT2D eigenvalue weighted by Crippen LogP contribution is -2.36. The number of benzene rings is 1. The molecule has 0 fully saturated rings. The summed E-state index contributed by atoms with van der Waals surface area (Å²) in [5.41, 5.74) is 1.03. The predicted octanol–water partition coefficient (Wildman–Crippen LogP) is 5.35. The summed E-state index contributed by atoms with van der Waals surface area (Å²) in [6.45, 7) is 5.09. The number of nitrogens with zero attached hydrogens (tertiary/aromatic N) is 3. The van der Waals surface area contributed by atoms with Gasteiger partial charge < -0.3 is 9.47 Å². The summed E-state index contributed by atoms with van der Waals surface area (Å²) < 4.78 is 2.02. The fourth-order valence-corrected chi connectivity index (χ4v) is 3.65. The standard InChI is InChI=1S/C19H19Cl2N3OS/c1-13(2)24(19(25)17-4-3-9-26-17)12-18-22-7-8-23(18)11-14-5-6-15(20)16(21)10-14/h3-10,13H,11-12H2,1-2H3. The van der Waals surface area contributed by atoms with Crippen LogP contribution in [0.1, 0.15) is 34.9 Å². The van der Waals surface area contributed by atoms with Crippen LogP contribution in [0, 0.1) is 0 Å². The zero-order chi connectivity index (χ0) is 18.7. The second-order valence-electron chi connectivity index (χ2n) is 6.22. The monoisotopic (exact) mass is 407 g/mol. The molecule has 0 saturated heterocycles. The first-order valence-electron chi connectivity index (χ1n) is 8.24. The smallest absolute Gasteiger partial charge is 0.264 e. The van der Waals surface area contributed by atoms with Gasteiger partial charge in [0.25, 0.3) is 5.91 Å². The lowest BCUT2D eigenvalue weighted by Gasteiger charge is -2.26. The minimum atomic E-state index is 0.0269. The van der Waals surface area contributed by atoms with E-state index in [0.29, 0.717) is 23.1 Å². The predicted molar refractivity (Wildman–Crippen MR) is 107 cm³/mol. The highest BCUT2D eigenvalue weighted by molar-refractivity contribution is 7.12. The van der Waals surface area contributed by atoms with E-state index in [2.05, 4.69) is 4.98 Å². The van der Waals surface area contributed by atoms with Crippen molar-refractivity contribution in [2.24, 2.45) is 0 Å². The van der Waals surface area contributed by atoms with Crippen molar-refractivity contribution in [1.82, 2.24) is 14.5 Å². The minimum absolute atomic E-state index is 0.0269. The molecule has 3 aromatic rings. The minimum Gasteiger partial charge on any atom is -0.329 e. The average Bonchev–Trinajstić information content (AvgIpc) is 3.27. The van der Waals surface area contributed by atoms with Gasteiger partial charge in [-0.1, -0.05) is 35.3 Å². The molecule has 3 rings (SSSR count).